The molecule has 0 aliphatic heterocycles. The molecule has 1 atom stereocenters. The summed E-state index contributed by atoms with van der Waals surface area (Å²) in [4.78, 5) is 45.3. The smallest absolute Gasteiger partial charge is 0.335 e. The van der Waals surface area contributed by atoms with Crippen LogP contribution in [-0.4, -0.2) is 59.0 Å². The summed E-state index contributed by atoms with van der Waals surface area (Å²) in [5.41, 5.74) is 0.271. The molecule has 0 aliphatic carbocycles. The summed E-state index contributed by atoms with van der Waals surface area (Å²) in [5.74, 6) is -0.644. The zero-order chi connectivity index (χ0) is 31.2. The Morgan fingerprint density at radius 1 is 1.07 bits per heavy atom. The van der Waals surface area contributed by atoms with Crippen LogP contribution < -0.4 is 0 Å². The maximum atomic E-state index is 13.9. The molecule has 0 fully saturated rings. The first-order valence-electron chi connectivity index (χ1n) is 14.4. The first kappa shape index (κ1) is 33.8. The maximum Gasteiger partial charge on any atom is 0.335 e. The molecule has 0 saturated heterocycles. The molecule has 1 N–H and O–H groups in total. The van der Waals surface area contributed by atoms with Gasteiger partial charge in [0.05, 0.1) is 19.5 Å². The number of thiol groups is 1. The van der Waals surface area contributed by atoms with Crippen molar-refractivity contribution >= 4 is 46.8 Å². The number of ether oxygens (including phenoxy) is 2. The van der Waals surface area contributed by atoms with E-state index in [1.165, 1.54) is 13.4 Å². The Labute approximate surface area is 257 Å². The van der Waals surface area contributed by atoms with Crippen molar-refractivity contribution in [1.82, 2.24) is 4.57 Å². The molecule has 3 rings (SSSR count). The number of unbranched alkanes of at least 4 members (excludes halogenated alkanes) is 2. The molecule has 43 heavy (non-hydrogen) atoms. The van der Waals surface area contributed by atoms with Gasteiger partial charge in [-0.15, -0.1) is 0 Å². The standard InChI is InChI=1S/C33H40N2O7S/c1-4-35-22-27(31(38)28(15-12-19-41-5-2)34-42-30(37)16-10-7-11-20-43)26-21-24(17-18-29(26)35)32(39)33(23-36,40-3)25-13-8-6-9-14-25/h5-6,8-9,13-14,17-18,21-22,36,43H,2,4,7,10-12,15-16,19-20,23H2,1,3H3/b34-28+. The third-order valence-corrected chi connectivity index (χ3v) is 7.58. The van der Waals surface area contributed by atoms with Crippen molar-refractivity contribution in [3.05, 3.63) is 84.3 Å². The lowest BCUT2D eigenvalue weighted by Crippen LogP contribution is -2.41. The summed E-state index contributed by atoms with van der Waals surface area (Å²) in [5, 5.41) is 14.9. The number of aliphatic hydroxyl groups excluding tert-OH is 1. The summed E-state index contributed by atoms with van der Waals surface area (Å²) in [7, 11) is 1.38. The highest BCUT2D eigenvalue weighted by molar-refractivity contribution is 7.80. The van der Waals surface area contributed by atoms with Gasteiger partial charge < -0.3 is 24.0 Å². The van der Waals surface area contributed by atoms with E-state index in [9.17, 15) is 19.5 Å². The number of carbonyl (C=O) groups excluding carboxylic acids is 3. The summed E-state index contributed by atoms with van der Waals surface area (Å²) < 4.78 is 12.7. The molecule has 0 aliphatic rings. The fourth-order valence-corrected chi connectivity index (χ4v) is 5.09. The fourth-order valence-electron chi connectivity index (χ4n) is 4.86. The van der Waals surface area contributed by atoms with E-state index in [0.717, 1.165) is 24.1 Å². The zero-order valence-electron chi connectivity index (χ0n) is 24.8. The molecule has 0 bridgehead atoms. The number of hydrogen-bond acceptors (Lipinski definition) is 9. The number of aliphatic hydroxyl groups is 1. The van der Waals surface area contributed by atoms with E-state index >= 15 is 0 Å². The number of aromatic nitrogens is 1. The summed E-state index contributed by atoms with van der Waals surface area (Å²) in [6.45, 7) is 5.78. The van der Waals surface area contributed by atoms with Gasteiger partial charge in [-0.05, 0) is 55.7 Å². The van der Waals surface area contributed by atoms with Gasteiger partial charge >= 0.3 is 5.97 Å². The number of nitrogens with zero attached hydrogens (tertiary/aromatic N) is 2. The van der Waals surface area contributed by atoms with Gasteiger partial charge in [0.15, 0.2) is 5.60 Å². The van der Waals surface area contributed by atoms with E-state index in [2.05, 4.69) is 24.4 Å². The minimum Gasteiger partial charge on any atom is -0.502 e. The Morgan fingerprint density at radius 2 is 1.84 bits per heavy atom. The lowest BCUT2D eigenvalue weighted by atomic mass is 9.85. The van der Waals surface area contributed by atoms with E-state index in [0.29, 0.717) is 42.5 Å². The summed E-state index contributed by atoms with van der Waals surface area (Å²) >= 11 is 4.18. The topological polar surface area (TPSA) is 116 Å². The molecule has 9 nitrogen and oxygen atoms in total. The molecule has 0 spiro atoms. The first-order chi connectivity index (χ1) is 20.9. The van der Waals surface area contributed by atoms with Crippen LogP contribution in [0.2, 0.25) is 0 Å². The van der Waals surface area contributed by atoms with Crippen molar-refractivity contribution < 1.29 is 33.8 Å². The van der Waals surface area contributed by atoms with Crippen LogP contribution in [0.3, 0.4) is 0 Å². The van der Waals surface area contributed by atoms with Crippen LogP contribution in [-0.2, 0) is 31.3 Å². The lowest BCUT2D eigenvalue weighted by Gasteiger charge is -2.29. The number of Topliss-reactive ketones (excluding diaryl/α,β-unsaturated/α-hetero) is 2. The third kappa shape index (κ3) is 8.22. The normalized spacial score (nSPS) is 13.0. The van der Waals surface area contributed by atoms with Crippen LogP contribution in [0.1, 0.15) is 71.7 Å². The van der Waals surface area contributed by atoms with Gasteiger partial charge in [-0.1, -0.05) is 48.5 Å². The van der Waals surface area contributed by atoms with Crippen molar-refractivity contribution in [1.29, 1.82) is 0 Å². The number of methoxy groups -OCH3 is 1. The molecule has 0 saturated carbocycles. The number of benzene rings is 2. The molecule has 10 heteroatoms. The van der Waals surface area contributed by atoms with Gasteiger partial charge in [-0.2, -0.15) is 12.6 Å². The van der Waals surface area contributed by atoms with Gasteiger partial charge in [0, 0.05) is 54.7 Å². The van der Waals surface area contributed by atoms with Crippen LogP contribution in [0, 0.1) is 0 Å². The third-order valence-electron chi connectivity index (χ3n) is 7.26. The van der Waals surface area contributed by atoms with Crippen LogP contribution in [0.15, 0.2) is 72.7 Å². The number of rotatable bonds is 19. The quantitative estimate of drug-likeness (QED) is 0.0332. The predicted molar refractivity (Wildman–Crippen MR) is 170 cm³/mol. The van der Waals surface area contributed by atoms with Gasteiger partial charge in [-0.3, -0.25) is 9.59 Å². The van der Waals surface area contributed by atoms with E-state index < -0.39 is 29.7 Å². The average molecular weight is 609 g/mol. The summed E-state index contributed by atoms with van der Waals surface area (Å²) in [6, 6.07) is 13.9. The first-order valence-corrected chi connectivity index (χ1v) is 15.0. The second-order valence-electron chi connectivity index (χ2n) is 9.95. The number of carbonyl (C=O) groups is 3. The number of fused-ring (bicyclic) bond motifs is 1. The number of ketones is 2. The molecule has 1 heterocycles. The van der Waals surface area contributed by atoms with Crippen LogP contribution in [0.25, 0.3) is 10.9 Å². The molecule has 3 aromatic rings. The highest BCUT2D eigenvalue weighted by atomic mass is 32.1. The Morgan fingerprint density at radius 3 is 2.49 bits per heavy atom. The van der Waals surface area contributed by atoms with Gasteiger partial charge in [0.1, 0.15) is 5.71 Å². The molecule has 2 aromatic carbocycles. The predicted octanol–water partition coefficient (Wildman–Crippen LogP) is 5.89. The molecule has 230 valence electrons. The fraction of sp³-hybridized carbons (Fsp3) is 0.394. The molecule has 0 amide bonds. The summed E-state index contributed by atoms with van der Waals surface area (Å²) in [6.07, 6.45) is 6.24. The molecular weight excluding hydrogens is 568 g/mol. The molecule has 1 aromatic heterocycles. The Balaban J connectivity index is 2.00. The van der Waals surface area contributed by atoms with Crippen LogP contribution in [0.5, 0.6) is 0 Å². The van der Waals surface area contributed by atoms with E-state index in [1.807, 2.05) is 17.6 Å². The Bertz CT molecular complexity index is 1430. The van der Waals surface area contributed by atoms with E-state index in [4.69, 9.17) is 14.3 Å². The minimum atomic E-state index is -1.62. The largest absolute Gasteiger partial charge is 0.502 e. The van der Waals surface area contributed by atoms with Crippen molar-refractivity contribution in [2.75, 3.05) is 26.1 Å². The second-order valence-corrected chi connectivity index (χ2v) is 10.4. The lowest BCUT2D eigenvalue weighted by molar-refractivity contribution is -0.143. The van der Waals surface area contributed by atoms with Gasteiger partial charge in [-0.25, -0.2) is 4.79 Å². The highest BCUT2D eigenvalue weighted by Gasteiger charge is 2.40. The molecule has 0 radical (unpaired) electrons. The van der Waals surface area contributed by atoms with Crippen molar-refractivity contribution in [2.24, 2.45) is 5.16 Å². The Kier molecular flexibility index (Phi) is 13.2. The van der Waals surface area contributed by atoms with Gasteiger partial charge in [0.2, 0.25) is 11.6 Å². The Hall–Kier alpha value is -3.73. The zero-order valence-corrected chi connectivity index (χ0v) is 25.7. The maximum absolute atomic E-state index is 13.9. The van der Waals surface area contributed by atoms with Crippen molar-refractivity contribution in [3.8, 4) is 0 Å². The number of aryl methyl sites for hydroxylation is 1. The molecular formula is C33H40N2O7S. The monoisotopic (exact) mass is 608 g/mol. The number of oxime groups is 1. The van der Waals surface area contributed by atoms with E-state index in [1.54, 1.807) is 48.7 Å². The SMILES string of the molecule is C=COCCC/C(=N\OC(=O)CCCCCS)C(=O)c1cn(CC)c2ccc(C(=O)C(CO)(OC)c3ccccc3)cc12. The highest BCUT2D eigenvalue weighted by Crippen LogP contribution is 2.32. The van der Waals surface area contributed by atoms with Gasteiger partial charge in [0.25, 0.3) is 0 Å². The minimum absolute atomic E-state index is 0.0640. The van der Waals surface area contributed by atoms with Crippen molar-refractivity contribution in [2.45, 2.75) is 57.6 Å². The average Bonchev–Trinajstić information content (AvgIpc) is 3.42. The van der Waals surface area contributed by atoms with Crippen molar-refractivity contribution in [3.63, 3.8) is 0 Å². The molecule has 1 unspecified atom stereocenters. The second kappa shape index (κ2) is 16.8. The van der Waals surface area contributed by atoms with Crippen LogP contribution >= 0.6 is 12.6 Å². The van der Waals surface area contributed by atoms with Crippen LogP contribution in [0.4, 0.5) is 0 Å². The number of hydrogen-bond donors (Lipinski definition) is 2. The van der Waals surface area contributed by atoms with E-state index in [-0.39, 0.29) is 24.1 Å².